The van der Waals surface area contributed by atoms with Crippen molar-refractivity contribution in [2.75, 3.05) is 13.1 Å². The van der Waals surface area contributed by atoms with Crippen LogP contribution in [0.4, 0.5) is 0 Å². The van der Waals surface area contributed by atoms with E-state index in [4.69, 9.17) is 9.15 Å². The lowest BCUT2D eigenvalue weighted by atomic mass is 9.85. The fourth-order valence-electron chi connectivity index (χ4n) is 5.27. The molecule has 3 heterocycles. The number of likely N-dealkylation sites (tertiary alicyclic amines) is 1. The summed E-state index contributed by atoms with van der Waals surface area (Å²) in [5, 5.41) is 11.8. The number of ether oxygens (including phenoxy) is 1. The molecular weight excluding hydrogens is 342 g/mol. The van der Waals surface area contributed by atoms with Gasteiger partial charge in [0.15, 0.2) is 5.76 Å². The molecule has 1 saturated heterocycles. The Kier molecular flexibility index (Phi) is 3.97. The van der Waals surface area contributed by atoms with Gasteiger partial charge in [0.05, 0.1) is 6.10 Å². The molecular formula is C22H27NO4. The first kappa shape index (κ1) is 17.1. The third-order valence-electron chi connectivity index (χ3n) is 6.67. The quantitative estimate of drug-likeness (QED) is 0.804. The number of carbonyl (C=O) groups excluding carboxylic acids is 1. The fraction of sp³-hybridized carbons (Fsp3) is 0.591. The largest absolute Gasteiger partial charge is 0.487 e. The summed E-state index contributed by atoms with van der Waals surface area (Å²) in [5.74, 6) is 1.13. The van der Waals surface area contributed by atoms with Crippen LogP contribution in [0.5, 0.6) is 5.75 Å². The summed E-state index contributed by atoms with van der Waals surface area (Å²) in [6.45, 7) is 3.51. The van der Waals surface area contributed by atoms with Gasteiger partial charge in [-0.25, -0.2) is 0 Å². The second-order valence-corrected chi connectivity index (χ2v) is 8.47. The number of aryl methyl sites for hydroxylation is 1. The first-order valence-electron chi connectivity index (χ1n) is 10.3. The van der Waals surface area contributed by atoms with Crippen molar-refractivity contribution in [2.45, 2.75) is 70.0 Å². The first-order chi connectivity index (χ1) is 13.1. The second-order valence-electron chi connectivity index (χ2n) is 8.47. The van der Waals surface area contributed by atoms with Crippen molar-refractivity contribution in [3.8, 4) is 5.75 Å². The molecule has 5 heteroatoms. The zero-order valence-corrected chi connectivity index (χ0v) is 15.9. The third kappa shape index (κ3) is 2.66. The second kappa shape index (κ2) is 6.26. The van der Waals surface area contributed by atoms with Crippen LogP contribution >= 0.6 is 0 Å². The number of nitrogens with zero attached hydrogens (tertiary/aromatic N) is 1. The van der Waals surface area contributed by atoms with Gasteiger partial charge in [-0.15, -0.1) is 0 Å². The molecule has 1 aromatic carbocycles. The normalized spacial score (nSPS) is 24.2. The first-order valence-corrected chi connectivity index (χ1v) is 10.3. The molecule has 1 saturated carbocycles. The predicted octanol–water partition coefficient (Wildman–Crippen LogP) is 4.50. The molecule has 0 radical (unpaired) electrons. The number of hydrogen-bond donors (Lipinski definition) is 1. The van der Waals surface area contributed by atoms with E-state index in [-0.39, 0.29) is 11.5 Å². The summed E-state index contributed by atoms with van der Waals surface area (Å²) in [5.41, 5.74) is 2.06. The van der Waals surface area contributed by atoms with Crippen molar-refractivity contribution in [3.05, 3.63) is 29.0 Å². The van der Waals surface area contributed by atoms with Gasteiger partial charge in [-0.3, -0.25) is 4.79 Å². The molecule has 1 N–H and O–H groups in total. The molecule has 0 bridgehead atoms. The van der Waals surface area contributed by atoms with Gasteiger partial charge in [0, 0.05) is 36.0 Å². The van der Waals surface area contributed by atoms with Gasteiger partial charge in [0.25, 0.3) is 5.91 Å². The van der Waals surface area contributed by atoms with Crippen LogP contribution in [-0.4, -0.2) is 34.6 Å². The van der Waals surface area contributed by atoms with Crippen LogP contribution in [-0.2, 0) is 0 Å². The van der Waals surface area contributed by atoms with Gasteiger partial charge in [0.1, 0.15) is 16.9 Å². The van der Waals surface area contributed by atoms with Gasteiger partial charge in [-0.1, -0.05) is 0 Å². The molecule has 3 aliphatic rings. The van der Waals surface area contributed by atoms with Gasteiger partial charge in [-0.2, -0.15) is 0 Å². The number of benzene rings is 1. The molecule has 2 aliphatic heterocycles. The summed E-state index contributed by atoms with van der Waals surface area (Å²) >= 11 is 0. The van der Waals surface area contributed by atoms with E-state index in [0.29, 0.717) is 17.8 Å². The molecule has 1 amide bonds. The van der Waals surface area contributed by atoms with E-state index in [0.717, 1.165) is 73.9 Å². The van der Waals surface area contributed by atoms with Crippen molar-refractivity contribution in [3.63, 3.8) is 0 Å². The SMILES string of the molecule is Cc1c(C(=O)N2CCCCC2)oc2ccc3c(c12)C(O)CC1(CCCC1)O3. The maximum Gasteiger partial charge on any atom is 0.289 e. The Morgan fingerprint density at radius 2 is 1.89 bits per heavy atom. The summed E-state index contributed by atoms with van der Waals surface area (Å²) in [6.07, 6.45) is 7.65. The highest BCUT2D eigenvalue weighted by atomic mass is 16.5. The molecule has 1 aromatic heterocycles. The minimum absolute atomic E-state index is 0.0318. The van der Waals surface area contributed by atoms with E-state index in [9.17, 15) is 9.90 Å². The van der Waals surface area contributed by atoms with Crippen LogP contribution in [0, 0.1) is 6.92 Å². The number of piperidine rings is 1. The van der Waals surface area contributed by atoms with Gasteiger partial charge in [0.2, 0.25) is 0 Å². The highest BCUT2D eigenvalue weighted by Gasteiger charge is 2.44. The molecule has 5 rings (SSSR count). The summed E-state index contributed by atoms with van der Waals surface area (Å²) in [6, 6.07) is 3.78. The van der Waals surface area contributed by atoms with Gasteiger partial charge >= 0.3 is 0 Å². The Hall–Kier alpha value is -2.01. The smallest absolute Gasteiger partial charge is 0.289 e. The van der Waals surface area contributed by atoms with Crippen LogP contribution in [0.25, 0.3) is 11.0 Å². The van der Waals surface area contributed by atoms with Gasteiger partial charge in [-0.05, 0) is 64.0 Å². The molecule has 5 nitrogen and oxygen atoms in total. The van der Waals surface area contributed by atoms with E-state index >= 15 is 0 Å². The lowest BCUT2D eigenvalue weighted by Gasteiger charge is -2.38. The molecule has 1 unspecified atom stereocenters. The van der Waals surface area contributed by atoms with E-state index in [1.807, 2.05) is 24.0 Å². The molecule has 1 atom stereocenters. The average Bonchev–Trinajstić information content (AvgIpc) is 3.26. The number of amides is 1. The summed E-state index contributed by atoms with van der Waals surface area (Å²) in [4.78, 5) is 14.9. The van der Waals surface area contributed by atoms with Crippen molar-refractivity contribution in [1.82, 2.24) is 4.90 Å². The number of fused-ring (bicyclic) bond motifs is 3. The maximum atomic E-state index is 13.0. The number of carbonyl (C=O) groups is 1. The number of hydrogen-bond acceptors (Lipinski definition) is 4. The van der Waals surface area contributed by atoms with E-state index in [1.165, 1.54) is 6.42 Å². The van der Waals surface area contributed by atoms with E-state index in [1.54, 1.807) is 0 Å². The average molecular weight is 369 g/mol. The topological polar surface area (TPSA) is 62.9 Å². The minimum atomic E-state index is -0.579. The summed E-state index contributed by atoms with van der Waals surface area (Å²) in [7, 11) is 0. The zero-order valence-electron chi connectivity index (χ0n) is 15.9. The number of aliphatic hydroxyl groups excluding tert-OH is 1. The Bertz CT molecular complexity index is 887. The van der Waals surface area contributed by atoms with E-state index < -0.39 is 6.10 Å². The third-order valence-corrected chi connectivity index (χ3v) is 6.67. The van der Waals surface area contributed by atoms with Crippen molar-refractivity contribution in [2.24, 2.45) is 0 Å². The van der Waals surface area contributed by atoms with Crippen molar-refractivity contribution >= 4 is 16.9 Å². The number of furan rings is 1. The summed E-state index contributed by atoms with van der Waals surface area (Å²) < 4.78 is 12.4. The Morgan fingerprint density at radius 1 is 1.15 bits per heavy atom. The zero-order chi connectivity index (χ0) is 18.6. The van der Waals surface area contributed by atoms with Crippen molar-refractivity contribution in [1.29, 1.82) is 0 Å². The highest BCUT2D eigenvalue weighted by molar-refractivity contribution is 6.00. The van der Waals surface area contributed by atoms with Gasteiger partial charge < -0.3 is 19.2 Å². The Balaban J connectivity index is 1.57. The number of rotatable bonds is 1. The Morgan fingerprint density at radius 3 is 2.63 bits per heavy atom. The molecule has 2 fully saturated rings. The number of aliphatic hydroxyl groups is 1. The molecule has 27 heavy (non-hydrogen) atoms. The monoisotopic (exact) mass is 369 g/mol. The van der Waals surface area contributed by atoms with Crippen molar-refractivity contribution < 1.29 is 19.1 Å². The molecule has 2 aromatic rings. The molecule has 144 valence electrons. The lowest BCUT2D eigenvalue weighted by molar-refractivity contribution is -0.00845. The van der Waals surface area contributed by atoms with Crippen LogP contribution < -0.4 is 4.74 Å². The Labute approximate surface area is 159 Å². The van der Waals surface area contributed by atoms with E-state index in [2.05, 4.69) is 0 Å². The molecule has 1 aliphatic carbocycles. The van der Waals surface area contributed by atoms with Crippen LogP contribution in [0.15, 0.2) is 16.5 Å². The fourth-order valence-corrected chi connectivity index (χ4v) is 5.27. The standard InChI is InChI=1S/C22H27NO4/c1-14-18-16(26-20(14)21(25)23-11-5-2-6-12-23)7-8-17-19(18)15(24)13-22(27-17)9-3-4-10-22/h7-8,15,24H,2-6,9-13H2,1H3. The van der Waals surface area contributed by atoms with Crippen LogP contribution in [0.2, 0.25) is 0 Å². The highest BCUT2D eigenvalue weighted by Crippen LogP contribution is 2.50. The van der Waals surface area contributed by atoms with Crippen LogP contribution in [0.1, 0.15) is 79.2 Å². The maximum absolute atomic E-state index is 13.0. The predicted molar refractivity (Wildman–Crippen MR) is 102 cm³/mol. The van der Waals surface area contributed by atoms with Crippen LogP contribution in [0.3, 0.4) is 0 Å². The minimum Gasteiger partial charge on any atom is -0.487 e. The molecule has 1 spiro atoms. The lowest BCUT2D eigenvalue weighted by Crippen LogP contribution is -2.38.